The highest BCUT2D eigenvalue weighted by Crippen LogP contribution is 2.37. The molecule has 146 valence electrons. The Labute approximate surface area is 162 Å². The zero-order chi connectivity index (χ0) is 19.7. The number of methoxy groups -OCH3 is 2. The molecule has 0 saturated heterocycles. The van der Waals surface area contributed by atoms with Crippen molar-refractivity contribution in [3.05, 3.63) is 53.0 Å². The molecule has 0 radical (unpaired) electrons. The van der Waals surface area contributed by atoms with Crippen molar-refractivity contribution in [3.8, 4) is 22.8 Å². The van der Waals surface area contributed by atoms with Crippen LogP contribution in [0.15, 0.2) is 35.1 Å². The molecule has 1 aromatic carbocycles. The van der Waals surface area contributed by atoms with Crippen molar-refractivity contribution in [2.75, 3.05) is 20.8 Å². The Morgan fingerprint density at radius 3 is 2.61 bits per heavy atom. The minimum Gasteiger partial charge on any atom is -0.497 e. The first-order valence-corrected chi connectivity index (χ1v) is 9.19. The number of nitrogens with zero attached hydrogens (tertiary/aromatic N) is 2. The SMILES string of the molecule is CCOC(=O)c1c2c(cn1Cc1cc(OC)cc(OC)c1)-c1oncc1CC2. The number of benzene rings is 1. The lowest BCUT2D eigenvalue weighted by molar-refractivity contribution is 0.0513. The van der Waals surface area contributed by atoms with Crippen molar-refractivity contribution in [1.82, 2.24) is 9.72 Å². The maximum atomic E-state index is 12.7. The van der Waals surface area contributed by atoms with Crippen molar-refractivity contribution in [1.29, 1.82) is 0 Å². The average Bonchev–Trinajstić information content (AvgIpc) is 3.31. The maximum absolute atomic E-state index is 12.7. The predicted octanol–water partition coefficient (Wildman–Crippen LogP) is 3.48. The minimum absolute atomic E-state index is 0.319. The van der Waals surface area contributed by atoms with Gasteiger partial charge in [-0.15, -0.1) is 0 Å². The molecule has 0 N–H and O–H groups in total. The molecule has 28 heavy (non-hydrogen) atoms. The summed E-state index contributed by atoms with van der Waals surface area (Å²) < 4.78 is 23.4. The maximum Gasteiger partial charge on any atom is 0.355 e. The van der Waals surface area contributed by atoms with Crippen molar-refractivity contribution in [2.45, 2.75) is 26.3 Å². The molecule has 0 unspecified atom stereocenters. The standard InChI is InChI=1S/C21H22N2O5/c1-4-27-21(24)19-17-6-5-14-10-22-28-20(14)18(17)12-23(19)11-13-7-15(25-2)9-16(8-13)26-3/h7-10,12H,4-6,11H2,1-3H3. The molecule has 1 aliphatic carbocycles. The second-order valence-electron chi connectivity index (χ2n) is 6.62. The number of ether oxygens (including phenoxy) is 3. The molecule has 2 aromatic heterocycles. The highest BCUT2D eigenvalue weighted by Gasteiger charge is 2.30. The van der Waals surface area contributed by atoms with Gasteiger partial charge in [0.15, 0.2) is 5.76 Å². The molecule has 0 spiro atoms. The molecule has 0 amide bonds. The van der Waals surface area contributed by atoms with E-state index in [9.17, 15) is 4.79 Å². The number of aromatic nitrogens is 2. The van der Waals surface area contributed by atoms with Gasteiger partial charge < -0.3 is 23.3 Å². The summed E-state index contributed by atoms with van der Waals surface area (Å²) in [6, 6.07) is 5.67. The fourth-order valence-corrected chi connectivity index (χ4v) is 3.69. The zero-order valence-corrected chi connectivity index (χ0v) is 16.2. The summed E-state index contributed by atoms with van der Waals surface area (Å²) in [5.41, 5.74) is 4.41. The lowest BCUT2D eigenvalue weighted by Gasteiger charge is -2.13. The molecule has 0 aliphatic heterocycles. The number of rotatable bonds is 6. The summed E-state index contributed by atoms with van der Waals surface area (Å²) >= 11 is 0. The van der Waals surface area contributed by atoms with Crippen LogP contribution in [-0.4, -0.2) is 36.5 Å². The fraction of sp³-hybridized carbons (Fsp3) is 0.333. The molecule has 0 saturated carbocycles. The van der Waals surface area contributed by atoms with Crippen LogP contribution >= 0.6 is 0 Å². The van der Waals surface area contributed by atoms with Crippen LogP contribution < -0.4 is 9.47 Å². The van der Waals surface area contributed by atoms with Crippen LogP contribution in [0.1, 0.15) is 34.1 Å². The van der Waals surface area contributed by atoms with Gasteiger partial charge in [0.05, 0.1) is 27.0 Å². The molecule has 3 aromatic rings. The Morgan fingerprint density at radius 2 is 1.93 bits per heavy atom. The molecule has 0 fully saturated rings. The smallest absolute Gasteiger partial charge is 0.355 e. The second-order valence-corrected chi connectivity index (χ2v) is 6.62. The first-order valence-electron chi connectivity index (χ1n) is 9.19. The quantitative estimate of drug-likeness (QED) is 0.608. The number of fused-ring (bicyclic) bond motifs is 3. The zero-order valence-electron chi connectivity index (χ0n) is 16.2. The number of hydrogen-bond donors (Lipinski definition) is 0. The highest BCUT2D eigenvalue weighted by atomic mass is 16.5. The van der Waals surface area contributed by atoms with Gasteiger partial charge >= 0.3 is 5.97 Å². The normalized spacial score (nSPS) is 12.2. The van der Waals surface area contributed by atoms with Gasteiger partial charge in [0.2, 0.25) is 0 Å². The largest absolute Gasteiger partial charge is 0.497 e. The van der Waals surface area contributed by atoms with Crippen LogP contribution in [0.4, 0.5) is 0 Å². The van der Waals surface area contributed by atoms with Crippen molar-refractivity contribution in [2.24, 2.45) is 0 Å². The Bertz CT molecular complexity index is 996. The molecule has 2 heterocycles. The predicted molar refractivity (Wildman–Crippen MR) is 102 cm³/mol. The van der Waals surface area contributed by atoms with Gasteiger partial charge in [-0.25, -0.2) is 4.79 Å². The van der Waals surface area contributed by atoms with E-state index in [0.717, 1.165) is 40.9 Å². The van der Waals surface area contributed by atoms with E-state index in [4.69, 9.17) is 18.7 Å². The van der Waals surface area contributed by atoms with Crippen LogP contribution in [-0.2, 0) is 24.1 Å². The minimum atomic E-state index is -0.332. The molecule has 0 bridgehead atoms. The summed E-state index contributed by atoms with van der Waals surface area (Å²) in [5.74, 6) is 1.79. The topological polar surface area (TPSA) is 75.7 Å². The monoisotopic (exact) mass is 382 g/mol. The number of carbonyl (C=O) groups is 1. The van der Waals surface area contributed by atoms with E-state index < -0.39 is 0 Å². The first-order chi connectivity index (χ1) is 13.6. The third-order valence-corrected chi connectivity index (χ3v) is 4.95. The van der Waals surface area contributed by atoms with Crippen molar-refractivity contribution in [3.63, 3.8) is 0 Å². The summed E-state index contributed by atoms with van der Waals surface area (Å²) in [5, 5.41) is 3.92. The molecule has 7 nitrogen and oxygen atoms in total. The Kier molecular flexibility index (Phi) is 4.81. The van der Waals surface area contributed by atoms with E-state index in [-0.39, 0.29) is 5.97 Å². The molecule has 7 heteroatoms. The van der Waals surface area contributed by atoms with Gasteiger partial charge in [-0.1, -0.05) is 5.16 Å². The van der Waals surface area contributed by atoms with Crippen molar-refractivity contribution >= 4 is 5.97 Å². The van der Waals surface area contributed by atoms with Gasteiger partial charge in [-0.2, -0.15) is 0 Å². The first kappa shape index (κ1) is 18.2. The number of carbonyl (C=O) groups excluding carboxylic acids is 1. The Balaban J connectivity index is 1.80. The van der Waals surface area contributed by atoms with Crippen LogP contribution in [0, 0.1) is 0 Å². The Hall–Kier alpha value is -3.22. The highest BCUT2D eigenvalue weighted by molar-refractivity contribution is 5.93. The summed E-state index contributed by atoms with van der Waals surface area (Å²) in [6.07, 6.45) is 5.21. The van der Waals surface area contributed by atoms with E-state index in [0.29, 0.717) is 30.3 Å². The second kappa shape index (κ2) is 7.42. The molecule has 0 atom stereocenters. The number of hydrogen-bond acceptors (Lipinski definition) is 6. The average molecular weight is 382 g/mol. The third kappa shape index (κ3) is 3.13. The molecule has 4 rings (SSSR count). The van der Waals surface area contributed by atoms with Gasteiger partial charge in [-0.05, 0) is 43.0 Å². The Morgan fingerprint density at radius 1 is 1.18 bits per heavy atom. The molecular formula is C21H22N2O5. The number of esters is 1. The lowest BCUT2D eigenvalue weighted by Crippen LogP contribution is -2.15. The number of aryl methyl sites for hydroxylation is 1. The van der Waals surface area contributed by atoms with E-state index in [2.05, 4.69) is 5.16 Å². The summed E-state index contributed by atoms with van der Waals surface area (Å²) in [4.78, 5) is 12.7. The van der Waals surface area contributed by atoms with Gasteiger partial charge in [-0.3, -0.25) is 0 Å². The van der Waals surface area contributed by atoms with E-state index in [1.54, 1.807) is 27.3 Å². The third-order valence-electron chi connectivity index (χ3n) is 4.95. The van der Waals surface area contributed by atoms with Gasteiger partial charge in [0.1, 0.15) is 17.2 Å². The van der Waals surface area contributed by atoms with Gasteiger partial charge in [0, 0.05) is 29.9 Å². The molecule has 1 aliphatic rings. The van der Waals surface area contributed by atoms with Crippen LogP contribution in [0.3, 0.4) is 0 Å². The van der Waals surface area contributed by atoms with E-state index >= 15 is 0 Å². The van der Waals surface area contributed by atoms with Gasteiger partial charge in [0.25, 0.3) is 0 Å². The van der Waals surface area contributed by atoms with E-state index in [1.165, 1.54) is 0 Å². The van der Waals surface area contributed by atoms with E-state index in [1.807, 2.05) is 29.0 Å². The van der Waals surface area contributed by atoms with Crippen LogP contribution in [0.2, 0.25) is 0 Å². The summed E-state index contributed by atoms with van der Waals surface area (Å²) in [7, 11) is 3.23. The van der Waals surface area contributed by atoms with Crippen LogP contribution in [0.25, 0.3) is 11.3 Å². The molecular weight excluding hydrogens is 360 g/mol. The van der Waals surface area contributed by atoms with Crippen molar-refractivity contribution < 1.29 is 23.5 Å². The van der Waals surface area contributed by atoms with Crippen LogP contribution in [0.5, 0.6) is 11.5 Å². The lowest BCUT2D eigenvalue weighted by atomic mass is 9.93. The fourth-order valence-electron chi connectivity index (χ4n) is 3.69. The summed E-state index contributed by atoms with van der Waals surface area (Å²) in [6.45, 7) is 2.59.